The molecule has 3 heterocycles. The van der Waals surface area contributed by atoms with Gasteiger partial charge in [-0.15, -0.1) is 0 Å². The first-order chi connectivity index (χ1) is 18.4. The van der Waals surface area contributed by atoms with Gasteiger partial charge in [-0.05, 0) is 81.0 Å². The Morgan fingerprint density at radius 3 is 2.55 bits per heavy atom. The molecule has 0 radical (unpaired) electrons. The molecule has 1 fully saturated rings. The second kappa shape index (κ2) is 11.2. The molecule has 0 bridgehead atoms. The predicted octanol–water partition coefficient (Wildman–Crippen LogP) is 6.10. The van der Waals surface area contributed by atoms with Crippen molar-refractivity contribution in [2.24, 2.45) is 0 Å². The Morgan fingerprint density at radius 2 is 1.82 bits per heavy atom. The molecule has 38 heavy (non-hydrogen) atoms. The standard InChI is InChI=1S/C31H37NO6/c1-5-7-8-13-37-24-12-11-21(17-26(24)35-6-2)28-27-29(33)23-15-19(3)20(4)16-25(23)38-30(27)31(34)32(28)18-22-10-9-14-36-22/h11-12,15-17,22,28H,5-10,13-14,18H2,1-4H3. The van der Waals surface area contributed by atoms with Crippen LogP contribution in [0.25, 0.3) is 11.0 Å². The highest BCUT2D eigenvalue weighted by molar-refractivity contribution is 5.99. The molecule has 0 aliphatic carbocycles. The quantitative estimate of drug-likeness (QED) is 0.301. The monoisotopic (exact) mass is 519 g/mol. The lowest BCUT2D eigenvalue weighted by Gasteiger charge is -2.28. The normalized spacial score (nSPS) is 18.8. The molecular formula is C31H37NO6. The minimum Gasteiger partial charge on any atom is -0.490 e. The van der Waals surface area contributed by atoms with Crippen molar-refractivity contribution in [1.82, 2.24) is 4.90 Å². The van der Waals surface area contributed by atoms with E-state index >= 15 is 0 Å². The molecular weight excluding hydrogens is 482 g/mol. The number of hydrogen-bond donors (Lipinski definition) is 0. The number of carbonyl (C=O) groups excluding carboxylic acids is 1. The van der Waals surface area contributed by atoms with Crippen LogP contribution >= 0.6 is 0 Å². The van der Waals surface area contributed by atoms with Gasteiger partial charge in [0.15, 0.2) is 16.9 Å². The first-order valence-electron chi connectivity index (χ1n) is 13.8. The van der Waals surface area contributed by atoms with Crippen LogP contribution in [-0.2, 0) is 4.74 Å². The Kier molecular flexibility index (Phi) is 7.75. The molecule has 0 spiro atoms. The molecule has 1 amide bonds. The molecule has 2 aliphatic rings. The third-order valence-corrected chi connectivity index (χ3v) is 7.60. The van der Waals surface area contributed by atoms with Gasteiger partial charge in [-0.1, -0.05) is 25.8 Å². The van der Waals surface area contributed by atoms with Gasteiger partial charge >= 0.3 is 0 Å². The lowest BCUT2D eigenvalue weighted by molar-refractivity contribution is 0.0486. The van der Waals surface area contributed by atoms with E-state index in [9.17, 15) is 9.59 Å². The summed E-state index contributed by atoms with van der Waals surface area (Å²) in [4.78, 5) is 29.5. The third-order valence-electron chi connectivity index (χ3n) is 7.60. The average molecular weight is 520 g/mol. The smallest absolute Gasteiger partial charge is 0.291 e. The molecule has 7 nitrogen and oxygen atoms in total. The van der Waals surface area contributed by atoms with Gasteiger partial charge in [0.1, 0.15) is 5.58 Å². The van der Waals surface area contributed by atoms with Gasteiger partial charge in [0, 0.05) is 13.2 Å². The SMILES string of the molecule is CCCCCOc1ccc(C2c3c(oc4cc(C)c(C)cc4c3=O)C(=O)N2CC2CCCO2)cc1OCC. The maximum absolute atomic E-state index is 14.0. The zero-order valence-corrected chi connectivity index (χ0v) is 22.8. The van der Waals surface area contributed by atoms with Gasteiger partial charge in [0.25, 0.3) is 5.91 Å². The Bertz CT molecular complexity index is 1390. The molecule has 0 N–H and O–H groups in total. The maximum atomic E-state index is 14.0. The van der Waals surface area contributed by atoms with E-state index in [1.807, 2.05) is 51.1 Å². The fourth-order valence-electron chi connectivity index (χ4n) is 5.43. The van der Waals surface area contributed by atoms with Crippen molar-refractivity contribution in [3.05, 3.63) is 68.6 Å². The number of nitrogens with zero attached hydrogens (tertiary/aromatic N) is 1. The first-order valence-corrected chi connectivity index (χ1v) is 13.8. The predicted molar refractivity (Wildman–Crippen MR) is 146 cm³/mol. The van der Waals surface area contributed by atoms with Crippen LogP contribution in [0.4, 0.5) is 0 Å². The summed E-state index contributed by atoms with van der Waals surface area (Å²) in [6.07, 6.45) is 4.95. The van der Waals surface area contributed by atoms with Gasteiger partial charge < -0.3 is 23.5 Å². The Balaban J connectivity index is 1.61. The summed E-state index contributed by atoms with van der Waals surface area (Å²) in [5, 5.41) is 0.490. The maximum Gasteiger partial charge on any atom is 0.291 e. The minimum absolute atomic E-state index is 0.0719. The van der Waals surface area contributed by atoms with E-state index in [-0.39, 0.29) is 23.2 Å². The minimum atomic E-state index is -0.600. The third kappa shape index (κ3) is 4.92. The van der Waals surface area contributed by atoms with Crippen LogP contribution in [0.5, 0.6) is 11.5 Å². The van der Waals surface area contributed by atoms with Crippen molar-refractivity contribution in [2.45, 2.75) is 71.9 Å². The van der Waals surface area contributed by atoms with E-state index in [4.69, 9.17) is 18.6 Å². The van der Waals surface area contributed by atoms with Crippen LogP contribution in [0.3, 0.4) is 0 Å². The molecule has 2 aromatic carbocycles. The number of benzene rings is 2. The van der Waals surface area contributed by atoms with E-state index in [1.54, 1.807) is 4.90 Å². The van der Waals surface area contributed by atoms with Crippen LogP contribution in [0.15, 0.2) is 39.5 Å². The van der Waals surface area contributed by atoms with Crippen LogP contribution in [0.1, 0.15) is 84.8 Å². The van der Waals surface area contributed by atoms with Gasteiger partial charge in [0.2, 0.25) is 5.76 Å². The molecule has 5 rings (SSSR count). The van der Waals surface area contributed by atoms with Crippen LogP contribution in [0.2, 0.25) is 0 Å². The number of unbranched alkanes of at least 4 members (excludes halogenated alkanes) is 2. The molecule has 7 heteroatoms. The summed E-state index contributed by atoms with van der Waals surface area (Å²) in [7, 11) is 0. The Labute approximate surface area is 223 Å². The van der Waals surface area contributed by atoms with Gasteiger partial charge in [0.05, 0.1) is 36.3 Å². The molecule has 0 saturated carbocycles. The highest BCUT2D eigenvalue weighted by Gasteiger charge is 2.44. The molecule has 1 saturated heterocycles. The van der Waals surface area contributed by atoms with E-state index in [0.717, 1.165) is 48.8 Å². The van der Waals surface area contributed by atoms with Crippen molar-refractivity contribution >= 4 is 16.9 Å². The van der Waals surface area contributed by atoms with Crippen molar-refractivity contribution in [2.75, 3.05) is 26.4 Å². The summed E-state index contributed by atoms with van der Waals surface area (Å²) in [5.41, 5.74) is 3.45. The average Bonchev–Trinajstić information content (AvgIpc) is 3.51. The molecule has 1 aromatic heterocycles. The fourth-order valence-corrected chi connectivity index (χ4v) is 5.43. The lowest BCUT2D eigenvalue weighted by atomic mass is 9.97. The Morgan fingerprint density at radius 1 is 1.00 bits per heavy atom. The number of fused-ring (bicyclic) bond motifs is 2. The zero-order valence-electron chi connectivity index (χ0n) is 22.8. The second-order valence-corrected chi connectivity index (χ2v) is 10.3. The topological polar surface area (TPSA) is 78.2 Å². The number of aryl methyl sites for hydroxylation is 2. The number of amides is 1. The van der Waals surface area contributed by atoms with Crippen LogP contribution in [0, 0.1) is 13.8 Å². The van der Waals surface area contributed by atoms with Gasteiger partial charge in [-0.3, -0.25) is 9.59 Å². The van der Waals surface area contributed by atoms with E-state index in [0.29, 0.717) is 54.4 Å². The summed E-state index contributed by atoms with van der Waals surface area (Å²) in [6, 6.07) is 8.82. The van der Waals surface area contributed by atoms with Crippen molar-refractivity contribution in [1.29, 1.82) is 0 Å². The van der Waals surface area contributed by atoms with Crippen molar-refractivity contribution in [3.63, 3.8) is 0 Å². The molecule has 2 unspecified atom stereocenters. The highest BCUT2D eigenvalue weighted by Crippen LogP contribution is 2.42. The van der Waals surface area contributed by atoms with Gasteiger partial charge in [-0.2, -0.15) is 0 Å². The molecule has 2 atom stereocenters. The number of hydrogen-bond acceptors (Lipinski definition) is 6. The first kappa shape index (κ1) is 26.3. The van der Waals surface area contributed by atoms with Crippen molar-refractivity contribution < 1.29 is 23.4 Å². The Hall–Kier alpha value is -3.32. The highest BCUT2D eigenvalue weighted by atomic mass is 16.5. The van der Waals surface area contributed by atoms with Crippen molar-refractivity contribution in [3.8, 4) is 11.5 Å². The summed E-state index contributed by atoms with van der Waals surface area (Å²) < 4.78 is 24.0. The number of rotatable bonds is 10. The molecule has 3 aromatic rings. The molecule has 202 valence electrons. The van der Waals surface area contributed by atoms with Crippen LogP contribution in [-0.4, -0.2) is 43.3 Å². The zero-order chi connectivity index (χ0) is 26.8. The van der Waals surface area contributed by atoms with Gasteiger partial charge in [-0.25, -0.2) is 0 Å². The summed E-state index contributed by atoms with van der Waals surface area (Å²) in [6.45, 7) is 10.2. The van der Waals surface area contributed by atoms with Crippen LogP contribution < -0.4 is 14.9 Å². The van der Waals surface area contributed by atoms with E-state index < -0.39 is 6.04 Å². The number of carbonyl (C=O) groups is 1. The fraction of sp³-hybridized carbons (Fsp3) is 0.484. The molecule has 2 aliphatic heterocycles. The lowest BCUT2D eigenvalue weighted by Crippen LogP contribution is -2.36. The largest absolute Gasteiger partial charge is 0.490 e. The number of ether oxygens (including phenoxy) is 3. The van der Waals surface area contributed by atoms with E-state index in [2.05, 4.69) is 6.92 Å². The second-order valence-electron chi connectivity index (χ2n) is 10.3. The summed E-state index contributed by atoms with van der Waals surface area (Å²) in [5.74, 6) is 1.11. The van der Waals surface area contributed by atoms with E-state index in [1.165, 1.54) is 0 Å². The summed E-state index contributed by atoms with van der Waals surface area (Å²) >= 11 is 0.